The summed E-state index contributed by atoms with van der Waals surface area (Å²) in [4.78, 5) is 11.8. The van der Waals surface area contributed by atoms with E-state index in [4.69, 9.17) is 10.8 Å². The normalized spacial score (nSPS) is 15.0. The average Bonchev–Trinajstić information content (AvgIpc) is 2.66. The second-order valence-electron chi connectivity index (χ2n) is 3.00. The summed E-state index contributed by atoms with van der Waals surface area (Å²) in [5.74, 6) is -0.199. The summed E-state index contributed by atoms with van der Waals surface area (Å²) in [6.07, 6.45) is 2.40. The lowest BCUT2D eigenvalue weighted by Gasteiger charge is -2.22. The molecule has 14 heavy (non-hydrogen) atoms. The van der Waals surface area contributed by atoms with Crippen molar-refractivity contribution in [3.05, 3.63) is 22.4 Å². The minimum absolute atomic E-state index is 0.462. The Balaban J connectivity index is 2.87. The molecular formula is C9H13NO2S2. The molecule has 1 rings (SSSR count). The van der Waals surface area contributed by atoms with Gasteiger partial charge in [-0.05, 0) is 29.9 Å². The van der Waals surface area contributed by atoms with Crippen molar-refractivity contribution in [3.8, 4) is 0 Å². The van der Waals surface area contributed by atoms with Crippen LogP contribution in [0.25, 0.3) is 0 Å². The molecule has 0 bridgehead atoms. The van der Waals surface area contributed by atoms with E-state index in [1.54, 1.807) is 17.8 Å². The van der Waals surface area contributed by atoms with Crippen LogP contribution in [0, 0.1) is 0 Å². The zero-order chi connectivity index (χ0) is 10.6. The highest BCUT2D eigenvalue weighted by atomic mass is 32.2. The first-order chi connectivity index (χ1) is 6.61. The molecular weight excluding hydrogens is 218 g/mol. The molecule has 3 nitrogen and oxygen atoms in total. The van der Waals surface area contributed by atoms with E-state index in [2.05, 4.69) is 0 Å². The van der Waals surface area contributed by atoms with Gasteiger partial charge in [0.2, 0.25) is 0 Å². The van der Waals surface area contributed by atoms with E-state index in [0.717, 1.165) is 10.6 Å². The van der Waals surface area contributed by atoms with Crippen LogP contribution in [-0.2, 0) is 10.3 Å². The molecule has 1 aromatic heterocycles. The maximum atomic E-state index is 11.1. The summed E-state index contributed by atoms with van der Waals surface area (Å²) in [6, 6.07) is 3.60. The second-order valence-corrected chi connectivity index (χ2v) is 4.93. The first-order valence-corrected chi connectivity index (χ1v) is 6.44. The summed E-state index contributed by atoms with van der Waals surface area (Å²) < 4.78 is 0. The van der Waals surface area contributed by atoms with Gasteiger partial charge in [0.05, 0.1) is 0 Å². The van der Waals surface area contributed by atoms with E-state index in [1.165, 1.54) is 11.3 Å². The smallest absolute Gasteiger partial charge is 0.329 e. The molecule has 5 heteroatoms. The van der Waals surface area contributed by atoms with E-state index in [0.29, 0.717) is 6.42 Å². The SMILES string of the molecule is CSCCC(N)(C(=O)O)c1cccs1. The lowest BCUT2D eigenvalue weighted by Crippen LogP contribution is -2.44. The number of nitrogens with two attached hydrogens (primary N) is 1. The van der Waals surface area contributed by atoms with Gasteiger partial charge in [0.1, 0.15) is 5.54 Å². The van der Waals surface area contributed by atoms with Gasteiger partial charge in [-0.1, -0.05) is 6.07 Å². The third-order valence-corrected chi connectivity index (χ3v) is 3.70. The van der Waals surface area contributed by atoms with Crippen LogP contribution >= 0.6 is 23.1 Å². The van der Waals surface area contributed by atoms with Crippen molar-refractivity contribution in [2.75, 3.05) is 12.0 Å². The summed E-state index contributed by atoms with van der Waals surface area (Å²) in [5.41, 5.74) is 4.68. The molecule has 0 amide bonds. The molecule has 0 radical (unpaired) electrons. The molecule has 0 aliphatic carbocycles. The average molecular weight is 231 g/mol. The Morgan fingerprint density at radius 2 is 2.50 bits per heavy atom. The first kappa shape index (κ1) is 11.6. The number of thiophene rings is 1. The molecule has 3 N–H and O–H groups in total. The number of hydrogen-bond donors (Lipinski definition) is 2. The molecule has 0 saturated heterocycles. The van der Waals surface area contributed by atoms with Gasteiger partial charge in [-0.3, -0.25) is 0 Å². The molecule has 0 aromatic carbocycles. The van der Waals surface area contributed by atoms with Crippen LogP contribution in [0.5, 0.6) is 0 Å². The summed E-state index contributed by atoms with van der Waals surface area (Å²) in [7, 11) is 0. The largest absolute Gasteiger partial charge is 0.480 e. The van der Waals surface area contributed by atoms with Crippen molar-refractivity contribution in [2.24, 2.45) is 5.73 Å². The highest BCUT2D eigenvalue weighted by Crippen LogP contribution is 2.27. The van der Waals surface area contributed by atoms with Gasteiger partial charge >= 0.3 is 5.97 Å². The van der Waals surface area contributed by atoms with Gasteiger partial charge in [0.15, 0.2) is 0 Å². The minimum Gasteiger partial charge on any atom is -0.480 e. The Hall–Kier alpha value is -0.520. The van der Waals surface area contributed by atoms with Crippen molar-refractivity contribution in [2.45, 2.75) is 12.0 Å². The molecule has 0 fully saturated rings. The standard InChI is InChI=1S/C9H13NO2S2/c1-13-6-4-9(10,8(11)12)7-3-2-5-14-7/h2-3,5H,4,6,10H2,1H3,(H,11,12). The van der Waals surface area contributed by atoms with Crippen LogP contribution in [0.15, 0.2) is 17.5 Å². The number of rotatable bonds is 5. The van der Waals surface area contributed by atoms with Crippen molar-refractivity contribution < 1.29 is 9.90 Å². The third kappa shape index (κ3) is 2.29. The Morgan fingerprint density at radius 1 is 1.79 bits per heavy atom. The number of carboxylic acids is 1. The number of carbonyl (C=O) groups is 1. The molecule has 0 spiro atoms. The fourth-order valence-corrected chi connectivity index (χ4v) is 2.52. The van der Waals surface area contributed by atoms with E-state index >= 15 is 0 Å². The number of aliphatic carboxylic acids is 1. The van der Waals surface area contributed by atoms with Crippen LogP contribution in [0.3, 0.4) is 0 Å². The second kappa shape index (κ2) is 4.82. The molecule has 1 atom stereocenters. The van der Waals surface area contributed by atoms with Gasteiger partial charge in [-0.2, -0.15) is 11.8 Å². The lowest BCUT2D eigenvalue weighted by molar-refractivity contribution is -0.143. The van der Waals surface area contributed by atoms with Gasteiger partial charge < -0.3 is 10.8 Å². The predicted octanol–water partition coefficient (Wildman–Crippen LogP) is 1.74. The van der Waals surface area contributed by atoms with Crippen molar-refractivity contribution >= 4 is 29.1 Å². The van der Waals surface area contributed by atoms with Gasteiger partial charge in [-0.25, -0.2) is 4.79 Å². The van der Waals surface area contributed by atoms with Crippen LogP contribution in [0.2, 0.25) is 0 Å². The van der Waals surface area contributed by atoms with Crippen molar-refractivity contribution in [1.82, 2.24) is 0 Å². The van der Waals surface area contributed by atoms with Crippen LogP contribution < -0.4 is 5.73 Å². The number of thioether (sulfide) groups is 1. The summed E-state index contributed by atoms with van der Waals surface area (Å²) in [5, 5.41) is 10.9. The number of carboxylic acid groups (broad SMARTS) is 1. The molecule has 0 saturated carbocycles. The lowest BCUT2D eigenvalue weighted by atomic mass is 9.96. The Morgan fingerprint density at radius 3 is 2.93 bits per heavy atom. The molecule has 78 valence electrons. The Kier molecular flexibility index (Phi) is 3.97. The van der Waals surface area contributed by atoms with Crippen molar-refractivity contribution in [3.63, 3.8) is 0 Å². The van der Waals surface area contributed by atoms with Gasteiger partial charge in [0, 0.05) is 4.88 Å². The Bertz CT molecular complexity index is 300. The molecule has 1 heterocycles. The minimum atomic E-state index is -1.21. The van der Waals surface area contributed by atoms with Crippen molar-refractivity contribution in [1.29, 1.82) is 0 Å². The van der Waals surface area contributed by atoms with Gasteiger partial charge in [-0.15, -0.1) is 11.3 Å². The fourth-order valence-electron chi connectivity index (χ4n) is 1.13. The van der Waals surface area contributed by atoms with E-state index in [1.807, 2.05) is 17.7 Å². The highest BCUT2D eigenvalue weighted by molar-refractivity contribution is 7.98. The van der Waals surface area contributed by atoms with E-state index in [9.17, 15) is 4.79 Å². The Labute approximate surface area is 91.3 Å². The monoisotopic (exact) mass is 231 g/mol. The summed E-state index contributed by atoms with van der Waals surface area (Å²) in [6.45, 7) is 0. The maximum absolute atomic E-state index is 11.1. The topological polar surface area (TPSA) is 63.3 Å². The summed E-state index contributed by atoms with van der Waals surface area (Å²) >= 11 is 3.00. The van der Waals surface area contributed by atoms with E-state index in [-0.39, 0.29) is 0 Å². The van der Waals surface area contributed by atoms with Crippen LogP contribution in [0.4, 0.5) is 0 Å². The maximum Gasteiger partial charge on any atom is 0.329 e. The highest BCUT2D eigenvalue weighted by Gasteiger charge is 2.36. The third-order valence-electron chi connectivity index (χ3n) is 2.04. The van der Waals surface area contributed by atoms with Crippen LogP contribution in [0.1, 0.15) is 11.3 Å². The molecule has 1 aromatic rings. The molecule has 1 unspecified atom stereocenters. The van der Waals surface area contributed by atoms with E-state index < -0.39 is 11.5 Å². The first-order valence-electron chi connectivity index (χ1n) is 4.16. The molecule has 0 aliphatic rings. The van der Waals surface area contributed by atoms with Gasteiger partial charge in [0.25, 0.3) is 0 Å². The zero-order valence-electron chi connectivity index (χ0n) is 7.90. The zero-order valence-corrected chi connectivity index (χ0v) is 9.53. The predicted molar refractivity (Wildman–Crippen MR) is 60.8 cm³/mol. The fraction of sp³-hybridized carbons (Fsp3) is 0.444. The quantitative estimate of drug-likeness (QED) is 0.810. The van der Waals surface area contributed by atoms with Crippen LogP contribution in [-0.4, -0.2) is 23.1 Å². The molecule has 0 aliphatic heterocycles. The number of hydrogen-bond acceptors (Lipinski definition) is 4.